The fraction of sp³-hybridized carbons (Fsp3) is 0.118. The molecule has 0 saturated heterocycles. The first kappa shape index (κ1) is 16.8. The van der Waals surface area contributed by atoms with Gasteiger partial charge in [-0.15, -0.1) is 5.10 Å². The first-order valence-electron chi connectivity index (χ1n) is 7.42. The number of benzene rings is 2. The minimum atomic E-state index is -1.08. The van der Waals surface area contributed by atoms with Crippen LogP contribution in [0.5, 0.6) is 0 Å². The Hall–Kier alpha value is -3.00. The number of aromatic nitrogens is 4. The van der Waals surface area contributed by atoms with E-state index in [0.717, 1.165) is 17.4 Å². The van der Waals surface area contributed by atoms with Crippen LogP contribution in [-0.4, -0.2) is 37.4 Å². The van der Waals surface area contributed by atoms with Gasteiger partial charge in [-0.05, 0) is 34.3 Å². The molecule has 1 aromatic heterocycles. The van der Waals surface area contributed by atoms with Gasteiger partial charge in [0.25, 0.3) is 0 Å². The molecule has 7 nitrogen and oxygen atoms in total. The van der Waals surface area contributed by atoms with Gasteiger partial charge in [-0.3, -0.25) is 9.59 Å². The molecule has 3 aromatic rings. The van der Waals surface area contributed by atoms with E-state index in [-0.39, 0.29) is 5.78 Å². The Bertz CT molecular complexity index is 868. The number of nitrogens with zero attached hydrogens (tertiary/aromatic N) is 4. The summed E-state index contributed by atoms with van der Waals surface area (Å²) >= 11 is 0.982. The maximum Gasteiger partial charge on any atom is 0.304 e. The van der Waals surface area contributed by atoms with Crippen molar-refractivity contribution in [3.63, 3.8) is 0 Å². The molecule has 3 rings (SSSR count). The second-order valence-electron chi connectivity index (χ2n) is 5.00. The summed E-state index contributed by atoms with van der Waals surface area (Å²) in [6, 6.07) is 17.9. The Labute approximate surface area is 148 Å². The van der Waals surface area contributed by atoms with Crippen molar-refractivity contribution in [3.8, 4) is 5.69 Å². The molecule has 0 bridgehead atoms. The summed E-state index contributed by atoms with van der Waals surface area (Å²) in [6.45, 7) is 1.26. The highest BCUT2D eigenvalue weighted by molar-refractivity contribution is 8.00. The van der Waals surface area contributed by atoms with Crippen LogP contribution in [0.3, 0.4) is 0 Å². The predicted molar refractivity (Wildman–Crippen MR) is 91.3 cm³/mol. The number of Topliss-reactive ketones (excluding diaryl/α,β-unsaturated/α-hetero) is 1. The third kappa shape index (κ3) is 4.10. The Morgan fingerprint density at radius 1 is 1.04 bits per heavy atom. The number of ketones is 1. The highest BCUT2D eigenvalue weighted by Crippen LogP contribution is 2.26. The molecule has 0 spiro atoms. The minimum absolute atomic E-state index is 0.330. The van der Waals surface area contributed by atoms with Crippen LogP contribution in [0.25, 0.3) is 5.69 Å². The maximum atomic E-state index is 12.7. The van der Waals surface area contributed by atoms with Crippen molar-refractivity contribution in [1.29, 1.82) is 0 Å². The van der Waals surface area contributed by atoms with Crippen molar-refractivity contribution in [1.82, 2.24) is 20.2 Å². The third-order valence-electron chi connectivity index (χ3n) is 3.20. The van der Waals surface area contributed by atoms with Gasteiger partial charge in [-0.2, -0.15) is 4.68 Å². The van der Waals surface area contributed by atoms with Crippen LogP contribution >= 0.6 is 11.8 Å². The maximum absolute atomic E-state index is 12.7. The summed E-state index contributed by atoms with van der Waals surface area (Å²) in [5, 5.41) is 11.9. The number of hydrogen-bond acceptors (Lipinski definition) is 7. The average Bonchev–Trinajstić information content (AvgIpc) is 3.10. The normalized spacial score (nSPS) is 11.7. The summed E-state index contributed by atoms with van der Waals surface area (Å²) < 4.78 is 6.68. The van der Waals surface area contributed by atoms with Gasteiger partial charge >= 0.3 is 5.97 Å². The number of carbonyl (C=O) groups excluding carboxylic acids is 2. The van der Waals surface area contributed by atoms with E-state index in [2.05, 4.69) is 15.5 Å². The third-order valence-corrected chi connectivity index (χ3v) is 4.19. The zero-order valence-electron chi connectivity index (χ0n) is 13.3. The van der Waals surface area contributed by atoms with Crippen LogP contribution in [0, 0.1) is 0 Å². The van der Waals surface area contributed by atoms with Crippen LogP contribution in [-0.2, 0) is 9.53 Å². The van der Waals surface area contributed by atoms with E-state index in [1.54, 1.807) is 30.3 Å². The van der Waals surface area contributed by atoms with Gasteiger partial charge in [0.1, 0.15) is 0 Å². The molecule has 0 N–H and O–H groups in total. The van der Waals surface area contributed by atoms with Crippen LogP contribution in [0.4, 0.5) is 0 Å². The largest absolute Gasteiger partial charge is 0.442 e. The zero-order valence-corrected chi connectivity index (χ0v) is 14.1. The van der Waals surface area contributed by atoms with Crippen molar-refractivity contribution in [2.45, 2.75) is 17.5 Å². The van der Waals surface area contributed by atoms with Crippen LogP contribution in [0.2, 0.25) is 0 Å². The molecule has 0 radical (unpaired) electrons. The molecule has 1 unspecified atom stereocenters. The molecule has 0 aliphatic carbocycles. The van der Waals surface area contributed by atoms with Gasteiger partial charge in [0.05, 0.1) is 5.69 Å². The number of rotatable bonds is 6. The fourth-order valence-electron chi connectivity index (χ4n) is 2.10. The molecule has 8 heteroatoms. The molecular weight excluding hydrogens is 340 g/mol. The Balaban J connectivity index is 1.88. The smallest absolute Gasteiger partial charge is 0.304 e. The van der Waals surface area contributed by atoms with Gasteiger partial charge in [0.2, 0.25) is 16.4 Å². The lowest BCUT2D eigenvalue weighted by atomic mass is 10.1. The molecule has 0 saturated carbocycles. The van der Waals surface area contributed by atoms with E-state index in [0.29, 0.717) is 10.7 Å². The van der Waals surface area contributed by atoms with Gasteiger partial charge in [-0.1, -0.05) is 48.5 Å². The summed E-state index contributed by atoms with van der Waals surface area (Å²) in [6.07, 6.45) is 0. The van der Waals surface area contributed by atoms with Crippen molar-refractivity contribution < 1.29 is 14.3 Å². The second-order valence-corrected chi connectivity index (χ2v) is 6.03. The van der Waals surface area contributed by atoms with E-state index < -0.39 is 11.4 Å². The number of ether oxygens (including phenoxy) is 1. The van der Waals surface area contributed by atoms with E-state index >= 15 is 0 Å². The topological polar surface area (TPSA) is 87.0 Å². The molecule has 0 fully saturated rings. The number of tetrazole rings is 1. The summed E-state index contributed by atoms with van der Waals surface area (Å²) in [5.74, 6) is -0.885. The molecule has 2 aromatic carbocycles. The Morgan fingerprint density at radius 3 is 2.32 bits per heavy atom. The number of para-hydroxylation sites is 1. The van der Waals surface area contributed by atoms with Gasteiger partial charge in [0, 0.05) is 12.5 Å². The molecule has 0 aliphatic heterocycles. The van der Waals surface area contributed by atoms with Crippen molar-refractivity contribution in [3.05, 3.63) is 66.2 Å². The molecule has 0 aliphatic rings. The number of thioether (sulfide) groups is 1. The SMILES string of the molecule is CC(=O)OC(Sc1nnnn1-c1ccccc1)C(=O)c1ccccc1. The summed E-state index contributed by atoms with van der Waals surface area (Å²) in [7, 11) is 0. The van der Waals surface area contributed by atoms with Crippen LogP contribution in [0.1, 0.15) is 17.3 Å². The van der Waals surface area contributed by atoms with E-state index in [9.17, 15) is 9.59 Å². The molecule has 1 atom stereocenters. The Morgan fingerprint density at radius 2 is 1.68 bits per heavy atom. The standard InChI is InChI=1S/C17H14N4O3S/c1-12(22)24-16(15(23)13-8-4-2-5-9-13)25-17-18-19-20-21(17)14-10-6-3-7-11-14/h2-11,16H,1H3. The van der Waals surface area contributed by atoms with E-state index in [1.807, 2.05) is 30.3 Å². The van der Waals surface area contributed by atoms with Crippen molar-refractivity contribution >= 4 is 23.5 Å². The average molecular weight is 354 g/mol. The van der Waals surface area contributed by atoms with E-state index in [4.69, 9.17) is 4.74 Å². The molecule has 0 amide bonds. The minimum Gasteiger partial charge on any atom is -0.442 e. The molecule has 25 heavy (non-hydrogen) atoms. The summed E-state index contributed by atoms with van der Waals surface area (Å²) in [4.78, 5) is 24.1. The summed E-state index contributed by atoms with van der Waals surface area (Å²) in [5.41, 5.74) is 0.108. The molecular formula is C17H14N4O3S. The first-order chi connectivity index (χ1) is 12.1. The van der Waals surface area contributed by atoms with Crippen molar-refractivity contribution in [2.24, 2.45) is 0 Å². The molecule has 126 valence electrons. The lowest BCUT2D eigenvalue weighted by Crippen LogP contribution is -2.24. The highest BCUT2D eigenvalue weighted by atomic mass is 32.2. The molecule has 1 heterocycles. The van der Waals surface area contributed by atoms with Gasteiger partial charge < -0.3 is 4.74 Å². The lowest BCUT2D eigenvalue weighted by Gasteiger charge is -2.15. The van der Waals surface area contributed by atoms with Gasteiger partial charge in [0.15, 0.2) is 0 Å². The number of hydrogen-bond donors (Lipinski definition) is 0. The first-order valence-corrected chi connectivity index (χ1v) is 8.30. The van der Waals surface area contributed by atoms with E-state index in [1.165, 1.54) is 11.6 Å². The van der Waals surface area contributed by atoms with Crippen LogP contribution < -0.4 is 0 Å². The zero-order chi connectivity index (χ0) is 17.6. The number of carbonyl (C=O) groups is 2. The second kappa shape index (κ2) is 7.71. The monoisotopic (exact) mass is 354 g/mol. The number of esters is 1. The quantitative estimate of drug-likeness (QED) is 0.291. The highest BCUT2D eigenvalue weighted by Gasteiger charge is 2.27. The lowest BCUT2D eigenvalue weighted by molar-refractivity contribution is -0.141. The Kier molecular flexibility index (Phi) is 5.20. The van der Waals surface area contributed by atoms with Gasteiger partial charge in [-0.25, -0.2) is 0 Å². The fourth-order valence-corrected chi connectivity index (χ4v) is 3.04. The predicted octanol–water partition coefficient (Wildman–Crippen LogP) is 2.53. The van der Waals surface area contributed by atoms with Crippen LogP contribution in [0.15, 0.2) is 65.8 Å². The van der Waals surface area contributed by atoms with Crippen molar-refractivity contribution in [2.75, 3.05) is 0 Å².